The highest BCUT2D eigenvalue weighted by atomic mass is 32.2. The second kappa shape index (κ2) is 6.34. The maximum Gasteiger partial charge on any atom is 0.243 e. The van der Waals surface area contributed by atoms with E-state index in [9.17, 15) is 13.2 Å². The minimum atomic E-state index is -3.52. The molecule has 2 saturated heterocycles. The summed E-state index contributed by atoms with van der Waals surface area (Å²) >= 11 is 0. The Balaban J connectivity index is 1.75. The summed E-state index contributed by atoms with van der Waals surface area (Å²) in [6, 6.07) is 6.35. The highest BCUT2D eigenvalue weighted by Crippen LogP contribution is 2.37. The van der Waals surface area contributed by atoms with Crippen molar-refractivity contribution >= 4 is 15.9 Å². The molecule has 3 atom stereocenters. The highest BCUT2D eigenvalue weighted by Gasteiger charge is 2.49. The van der Waals surface area contributed by atoms with Gasteiger partial charge >= 0.3 is 0 Å². The van der Waals surface area contributed by atoms with Crippen LogP contribution in [0.25, 0.3) is 0 Å². The van der Waals surface area contributed by atoms with Crippen LogP contribution >= 0.6 is 0 Å². The largest absolute Gasteiger partial charge is 0.497 e. The van der Waals surface area contributed by atoms with Gasteiger partial charge in [0.2, 0.25) is 15.9 Å². The number of nitrogens with zero attached hydrogens (tertiary/aromatic N) is 2. The molecule has 1 amide bonds. The van der Waals surface area contributed by atoms with Gasteiger partial charge in [-0.1, -0.05) is 0 Å². The van der Waals surface area contributed by atoms with Gasteiger partial charge in [-0.05, 0) is 43.7 Å². The van der Waals surface area contributed by atoms with E-state index < -0.39 is 10.0 Å². The van der Waals surface area contributed by atoms with Crippen LogP contribution in [-0.2, 0) is 14.8 Å². The van der Waals surface area contributed by atoms with E-state index in [1.165, 1.54) is 4.31 Å². The van der Waals surface area contributed by atoms with E-state index in [0.29, 0.717) is 25.3 Å². The topological polar surface area (TPSA) is 79.0 Å². The molecule has 2 heterocycles. The Kier molecular flexibility index (Phi) is 4.54. The monoisotopic (exact) mass is 353 g/mol. The molecular formula is C16H23N3O4S. The average Bonchev–Trinajstić information content (AvgIpc) is 3.14. The fourth-order valence-electron chi connectivity index (χ4n) is 3.74. The highest BCUT2D eigenvalue weighted by molar-refractivity contribution is 7.89. The molecule has 2 aliphatic heterocycles. The fourth-order valence-corrected chi connectivity index (χ4v) is 5.26. The molecule has 0 radical (unpaired) electrons. The Hall–Kier alpha value is -1.64. The molecule has 8 heteroatoms. The van der Waals surface area contributed by atoms with E-state index in [-0.39, 0.29) is 28.8 Å². The number of amides is 1. The van der Waals surface area contributed by atoms with Crippen LogP contribution in [0.4, 0.5) is 0 Å². The summed E-state index contributed by atoms with van der Waals surface area (Å²) < 4.78 is 32.3. The first kappa shape index (κ1) is 17.2. The third-order valence-electron chi connectivity index (χ3n) is 5.16. The number of hydrogen-bond acceptors (Lipinski definition) is 5. The van der Waals surface area contributed by atoms with Gasteiger partial charge in [-0.15, -0.1) is 0 Å². The van der Waals surface area contributed by atoms with Crippen molar-refractivity contribution in [2.45, 2.75) is 23.4 Å². The first-order valence-electron chi connectivity index (χ1n) is 7.96. The molecule has 132 valence electrons. The number of rotatable bonds is 4. The molecule has 7 nitrogen and oxygen atoms in total. The number of fused-ring (bicyclic) bond motifs is 1. The maximum atomic E-state index is 12.8. The van der Waals surface area contributed by atoms with Gasteiger partial charge in [0.05, 0.1) is 18.0 Å². The minimum Gasteiger partial charge on any atom is -0.497 e. The van der Waals surface area contributed by atoms with Crippen LogP contribution in [-0.4, -0.2) is 69.9 Å². The molecule has 1 aromatic carbocycles. The maximum absolute atomic E-state index is 12.8. The predicted molar refractivity (Wildman–Crippen MR) is 89.3 cm³/mol. The zero-order chi connectivity index (χ0) is 17.5. The van der Waals surface area contributed by atoms with Gasteiger partial charge < -0.3 is 10.1 Å². The minimum absolute atomic E-state index is 0.00328. The summed E-state index contributed by atoms with van der Waals surface area (Å²) in [5.74, 6) is 0.808. The van der Waals surface area contributed by atoms with Crippen LogP contribution in [0.15, 0.2) is 29.2 Å². The number of carbonyl (C=O) groups excluding carboxylic acids is 1. The molecule has 0 bridgehead atoms. The van der Waals surface area contributed by atoms with Crippen molar-refractivity contribution in [2.75, 3.05) is 34.3 Å². The number of ether oxygens (including phenoxy) is 1. The van der Waals surface area contributed by atoms with Crippen LogP contribution in [0.1, 0.15) is 6.42 Å². The molecule has 0 aliphatic carbocycles. The smallest absolute Gasteiger partial charge is 0.243 e. The predicted octanol–water partition coefficient (Wildman–Crippen LogP) is 0.134. The Morgan fingerprint density at radius 2 is 1.92 bits per heavy atom. The Morgan fingerprint density at radius 3 is 2.46 bits per heavy atom. The number of sulfonamides is 1. The van der Waals surface area contributed by atoms with Gasteiger partial charge in [0.15, 0.2) is 0 Å². The van der Waals surface area contributed by atoms with Gasteiger partial charge in [-0.2, -0.15) is 4.31 Å². The van der Waals surface area contributed by atoms with Crippen molar-refractivity contribution in [3.63, 3.8) is 0 Å². The number of likely N-dealkylation sites (N-methyl/N-ethyl adjacent to an activating group) is 2. The number of likely N-dealkylation sites (tertiary alicyclic amines) is 1. The van der Waals surface area contributed by atoms with Crippen molar-refractivity contribution in [1.29, 1.82) is 0 Å². The van der Waals surface area contributed by atoms with Crippen molar-refractivity contribution < 1.29 is 17.9 Å². The van der Waals surface area contributed by atoms with Crippen molar-refractivity contribution in [2.24, 2.45) is 5.92 Å². The molecule has 1 aromatic rings. The number of carbonyl (C=O) groups is 1. The molecule has 2 fully saturated rings. The van der Waals surface area contributed by atoms with Crippen molar-refractivity contribution in [1.82, 2.24) is 14.5 Å². The quantitative estimate of drug-likeness (QED) is 0.833. The second-order valence-electron chi connectivity index (χ2n) is 6.36. The molecule has 0 unspecified atom stereocenters. The molecule has 24 heavy (non-hydrogen) atoms. The molecular weight excluding hydrogens is 330 g/mol. The number of benzene rings is 1. The fraction of sp³-hybridized carbons (Fsp3) is 0.562. The summed E-state index contributed by atoms with van der Waals surface area (Å²) in [7, 11) is 1.55. The Morgan fingerprint density at radius 1 is 1.25 bits per heavy atom. The Bertz CT molecular complexity index is 719. The summed E-state index contributed by atoms with van der Waals surface area (Å²) in [5.41, 5.74) is 0. The lowest BCUT2D eigenvalue weighted by Crippen LogP contribution is -2.45. The van der Waals surface area contributed by atoms with Gasteiger partial charge in [-0.25, -0.2) is 8.42 Å². The molecule has 1 N–H and O–H groups in total. The number of methoxy groups -OCH3 is 1. The van der Waals surface area contributed by atoms with E-state index >= 15 is 0 Å². The van der Waals surface area contributed by atoms with Crippen LogP contribution in [0.2, 0.25) is 0 Å². The SMILES string of the molecule is CNC(=O)[C@H]1C[C@@H]2CN(S(=O)(=O)c3ccc(OC)cc3)C[C@@H]2N1C. The average molecular weight is 353 g/mol. The number of hydrogen-bond donors (Lipinski definition) is 1. The van der Waals surface area contributed by atoms with E-state index in [1.54, 1.807) is 38.4 Å². The molecule has 3 rings (SSSR count). The normalized spacial score (nSPS) is 27.9. The van der Waals surface area contributed by atoms with Crippen LogP contribution in [0, 0.1) is 5.92 Å². The van der Waals surface area contributed by atoms with E-state index in [4.69, 9.17) is 4.74 Å². The summed E-state index contributed by atoms with van der Waals surface area (Å²) in [6.07, 6.45) is 0.690. The molecule has 0 aromatic heterocycles. The van der Waals surface area contributed by atoms with Gasteiger partial charge in [0, 0.05) is 26.2 Å². The van der Waals surface area contributed by atoms with Gasteiger partial charge in [0.25, 0.3) is 0 Å². The van der Waals surface area contributed by atoms with Crippen LogP contribution in [0.5, 0.6) is 5.75 Å². The van der Waals surface area contributed by atoms with Crippen LogP contribution < -0.4 is 10.1 Å². The lowest BCUT2D eigenvalue weighted by Gasteiger charge is -2.25. The molecule has 0 saturated carbocycles. The standard InChI is InChI=1S/C16H23N3O4S/c1-17-16(20)14-8-11-9-19(10-15(11)18(14)2)24(21,22)13-6-4-12(23-3)5-7-13/h4-7,11,14-15H,8-10H2,1-3H3,(H,17,20)/t11-,14-,15+/m1/s1. The Labute approximate surface area is 142 Å². The third-order valence-corrected chi connectivity index (χ3v) is 7.01. The van der Waals surface area contributed by atoms with Crippen molar-refractivity contribution in [3.8, 4) is 5.75 Å². The molecule has 2 aliphatic rings. The first-order chi connectivity index (χ1) is 11.4. The van der Waals surface area contributed by atoms with E-state index in [1.807, 2.05) is 11.9 Å². The second-order valence-corrected chi connectivity index (χ2v) is 8.29. The summed E-state index contributed by atoms with van der Waals surface area (Å²) in [5, 5.41) is 2.68. The third kappa shape index (κ3) is 2.78. The molecule has 0 spiro atoms. The van der Waals surface area contributed by atoms with Crippen LogP contribution in [0.3, 0.4) is 0 Å². The zero-order valence-electron chi connectivity index (χ0n) is 14.1. The number of nitrogens with one attached hydrogen (secondary N) is 1. The summed E-state index contributed by atoms with van der Waals surface area (Å²) in [4.78, 5) is 14.2. The van der Waals surface area contributed by atoms with Gasteiger partial charge in [-0.3, -0.25) is 9.69 Å². The van der Waals surface area contributed by atoms with E-state index in [0.717, 1.165) is 0 Å². The first-order valence-corrected chi connectivity index (χ1v) is 9.40. The summed E-state index contributed by atoms with van der Waals surface area (Å²) in [6.45, 7) is 0.875. The van der Waals surface area contributed by atoms with Gasteiger partial charge in [0.1, 0.15) is 5.75 Å². The lowest BCUT2D eigenvalue weighted by molar-refractivity contribution is -0.125. The van der Waals surface area contributed by atoms with E-state index in [2.05, 4.69) is 5.32 Å². The lowest BCUT2D eigenvalue weighted by atomic mass is 10.0. The zero-order valence-corrected chi connectivity index (χ0v) is 14.9. The van der Waals surface area contributed by atoms with Crippen molar-refractivity contribution in [3.05, 3.63) is 24.3 Å².